The van der Waals surface area contributed by atoms with Gasteiger partial charge in [-0.3, -0.25) is 4.79 Å². The van der Waals surface area contributed by atoms with Crippen LogP contribution in [-0.4, -0.2) is 13.0 Å². The van der Waals surface area contributed by atoms with Crippen LogP contribution in [0.25, 0.3) is 6.08 Å². The zero-order chi connectivity index (χ0) is 15.2. The van der Waals surface area contributed by atoms with Crippen molar-refractivity contribution in [2.75, 3.05) is 12.4 Å². The normalized spacial score (nSPS) is 10.6. The molecule has 4 heteroatoms. The third-order valence-electron chi connectivity index (χ3n) is 2.98. The van der Waals surface area contributed by atoms with Crippen LogP contribution in [0.3, 0.4) is 0 Å². The van der Waals surface area contributed by atoms with Gasteiger partial charge in [0, 0.05) is 11.8 Å². The standard InChI is InChI=1S/C17H16FNO2/c1-12-6-8-14(18)11-16(12)19-17(20)9-7-13-4-3-5-15(10-13)21-2/h3-11H,1-2H3,(H,19,20)/b9-7+. The van der Waals surface area contributed by atoms with Gasteiger partial charge in [0.2, 0.25) is 5.91 Å². The first-order chi connectivity index (χ1) is 10.1. The Hall–Kier alpha value is -2.62. The van der Waals surface area contributed by atoms with Crippen molar-refractivity contribution < 1.29 is 13.9 Å². The fourth-order valence-electron chi connectivity index (χ4n) is 1.82. The molecule has 0 heterocycles. The topological polar surface area (TPSA) is 38.3 Å². The predicted octanol–water partition coefficient (Wildman–Crippen LogP) is 3.79. The Kier molecular flexibility index (Phi) is 4.72. The summed E-state index contributed by atoms with van der Waals surface area (Å²) in [6.07, 6.45) is 3.08. The average molecular weight is 285 g/mol. The van der Waals surface area contributed by atoms with E-state index in [9.17, 15) is 9.18 Å². The second-order valence-corrected chi connectivity index (χ2v) is 4.56. The molecule has 1 amide bonds. The number of methoxy groups -OCH3 is 1. The molecule has 0 aliphatic heterocycles. The third kappa shape index (κ3) is 4.18. The Labute approximate surface area is 123 Å². The molecule has 108 valence electrons. The van der Waals surface area contributed by atoms with Crippen molar-refractivity contribution >= 4 is 17.7 Å². The van der Waals surface area contributed by atoms with Crippen molar-refractivity contribution in [1.29, 1.82) is 0 Å². The fourth-order valence-corrected chi connectivity index (χ4v) is 1.82. The first kappa shape index (κ1) is 14.8. The number of aryl methyl sites for hydroxylation is 1. The summed E-state index contributed by atoms with van der Waals surface area (Å²) >= 11 is 0. The van der Waals surface area contributed by atoms with Crippen molar-refractivity contribution in [3.8, 4) is 5.75 Å². The van der Waals surface area contributed by atoms with E-state index in [2.05, 4.69) is 5.32 Å². The largest absolute Gasteiger partial charge is 0.497 e. The molecule has 0 radical (unpaired) electrons. The van der Waals surface area contributed by atoms with E-state index in [4.69, 9.17) is 4.74 Å². The van der Waals surface area contributed by atoms with E-state index >= 15 is 0 Å². The van der Waals surface area contributed by atoms with Crippen molar-refractivity contribution in [2.45, 2.75) is 6.92 Å². The van der Waals surface area contributed by atoms with Crippen molar-refractivity contribution in [3.63, 3.8) is 0 Å². The molecule has 0 aliphatic rings. The summed E-state index contributed by atoms with van der Waals surface area (Å²) in [5.74, 6) is 0.0257. The third-order valence-corrected chi connectivity index (χ3v) is 2.98. The molecular weight excluding hydrogens is 269 g/mol. The van der Waals surface area contributed by atoms with Gasteiger partial charge in [0.25, 0.3) is 0 Å². The minimum absolute atomic E-state index is 0.313. The lowest BCUT2D eigenvalue weighted by molar-refractivity contribution is -0.111. The molecule has 0 saturated carbocycles. The lowest BCUT2D eigenvalue weighted by Crippen LogP contribution is -2.09. The van der Waals surface area contributed by atoms with Gasteiger partial charge in [0.1, 0.15) is 11.6 Å². The van der Waals surface area contributed by atoms with Gasteiger partial charge in [0.15, 0.2) is 0 Å². The van der Waals surface area contributed by atoms with Crippen LogP contribution in [0.15, 0.2) is 48.5 Å². The van der Waals surface area contributed by atoms with Crippen LogP contribution in [0.1, 0.15) is 11.1 Å². The van der Waals surface area contributed by atoms with Crippen LogP contribution in [0, 0.1) is 12.7 Å². The highest BCUT2D eigenvalue weighted by Crippen LogP contribution is 2.16. The van der Waals surface area contributed by atoms with Crippen LogP contribution in [0.2, 0.25) is 0 Å². The zero-order valence-corrected chi connectivity index (χ0v) is 11.9. The van der Waals surface area contributed by atoms with Crippen molar-refractivity contribution in [3.05, 3.63) is 65.5 Å². The molecule has 2 aromatic carbocycles. The quantitative estimate of drug-likeness (QED) is 0.868. The molecular formula is C17H16FNO2. The summed E-state index contributed by atoms with van der Waals surface area (Å²) in [7, 11) is 1.59. The number of nitrogens with one attached hydrogen (secondary N) is 1. The molecule has 0 saturated heterocycles. The highest BCUT2D eigenvalue weighted by molar-refractivity contribution is 6.02. The zero-order valence-electron chi connectivity index (χ0n) is 11.9. The highest BCUT2D eigenvalue weighted by Gasteiger charge is 2.03. The maximum Gasteiger partial charge on any atom is 0.248 e. The molecule has 2 aromatic rings. The van der Waals surface area contributed by atoms with Gasteiger partial charge in [0.05, 0.1) is 7.11 Å². The van der Waals surface area contributed by atoms with Crippen LogP contribution in [-0.2, 0) is 4.79 Å². The van der Waals surface area contributed by atoms with E-state index in [-0.39, 0.29) is 11.7 Å². The van der Waals surface area contributed by atoms with E-state index in [0.717, 1.165) is 16.9 Å². The molecule has 1 N–H and O–H groups in total. The molecule has 0 fully saturated rings. The van der Waals surface area contributed by atoms with Gasteiger partial charge in [-0.15, -0.1) is 0 Å². The van der Waals surface area contributed by atoms with Gasteiger partial charge in [-0.2, -0.15) is 0 Å². The maximum atomic E-state index is 13.1. The number of hydrogen-bond donors (Lipinski definition) is 1. The molecule has 0 aromatic heterocycles. The van der Waals surface area contributed by atoms with Crippen molar-refractivity contribution in [1.82, 2.24) is 0 Å². The summed E-state index contributed by atoms with van der Waals surface area (Å²) in [6, 6.07) is 11.6. The lowest BCUT2D eigenvalue weighted by Gasteiger charge is -2.06. The first-order valence-electron chi connectivity index (χ1n) is 6.48. The van der Waals surface area contributed by atoms with Gasteiger partial charge < -0.3 is 10.1 Å². The Morgan fingerprint density at radius 1 is 1.24 bits per heavy atom. The molecule has 21 heavy (non-hydrogen) atoms. The van der Waals surface area contributed by atoms with E-state index < -0.39 is 0 Å². The minimum atomic E-state index is -0.382. The number of ether oxygens (including phenoxy) is 1. The second-order valence-electron chi connectivity index (χ2n) is 4.56. The second kappa shape index (κ2) is 6.70. The molecule has 0 unspecified atom stereocenters. The summed E-state index contributed by atoms with van der Waals surface area (Å²) in [4.78, 5) is 11.9. The molecule has 2 rings (SSSR count). The Balaban J connectivity index is 2.07. The summed E-state index contributed by atoms with van der Waals surface area (Å²) in [6.45, 7) is 1.81. The summed E-state index contributed by atoms with van der Waals surface area (Å²) in [5, 5.41) is 2.65. The molecule has 0 spiro atoms. The van der Waals surface area contributed by atoms with Gasteiger partial charge in [-0.1, -0.05) is 18.2 Å². The number of amides is 1. The van der Waals surface area contributed by atoms with Gasteiger partial charge in [-0.05, 0) is 48.4 Å². The molecule has 3 nitrogen and oxygen atoms in total. The number of carbonyl (C=O) groups is 1. The molecule has 0 bridgehead atoms. The van der Waals surface area contributed by atoms with E-state index in [1.807, 2.05) is 24.3 Å². The fraction of sp³-hybridized carbons (Fsp3) is 0.118. The van der Waals surface area contributed by atoms with Crippen LogP contribution < -0.4 is 10.1 Å². The molecule has 0 atom stereocenters. The number of benzene rings is 2. The van der Waals surface area contributed by atoms with Crippen LogP contribution in [0.4, 0.5) is 10.1 Å². The average Bonchev–Trinajstić information content (AvgIpc) is 2.49. The minimum Gasteiger partial charge on any atom is -0.497 e. The number of carbonyl (C=O) groups excluding carboxylic acids is 1. The summed E-state index contributed by atoms with van der Waals surface area (Å²) in [5.41, 5.74) is 2.12. The van der Waals surface area contributed by atoms with Gasteiger partial charge in [-0.25, -0.2) is 4.39 Å². The van der Waals surface area contributed by atoms with Gasteiger partial charge >= 0.3 is 0 Å². The monoisotopic (exact) mass is 285 g/mol. The van der Waals surface area contributed by atoms with Crippen LogP contribution in [0.5, 0.6) is 5.75 Å². The van der Waals surface area contributed by atoms with E-state index in [1.165, 1.54) is 18.2 Å². The van der Waals surface area contributed by atoms with Crippen LogP contribution >= 0.6 is 0 Å². The number of anilines is 1. The SMILES string of the molecule is COc1cccc(/C=C/C(=O)Nc2cc(F)ccc2C)c1. The molecule has 0 aliphatic carbocycles. The smallest absolute Gasteiger partial charge is 0.248 e. The van der Waals surface area contributed by atoms with E-state index in [0.29, 0.717) is 5.69 Å². The Morgan fingerprint density at radius 2 is 2.05 bits per heavy atom. The number of halogens is 1. The number of hydrogen-bond acceptors (Lipinski definition) is 2. The highest BCUT2D eigenvalue weighted by atomic mass is 19.1. The lowest BCUT2D eigenvalue weighted by atomic mass is 10.2. The predicted molar refractivity (Wildman–Crippen MR) is 81.8 cm³/mol. The first-order valence-corrected chi connectivity index (χ1v) is 6.48. The Bertz CT molecular complexity index is 680. The number of rotatable bonds is 4. The summed E-state index contributed by atoms with van der Waals surface area (Å²) < 4.78 is 18.3. The van der Waals surface area contributed by atoms with E-state index in [1.54, 1.807) is 26.2 Å². The Morgan fingerprint density at radius 3 is 2.81 bits per heavy atom. The van der Waals surface area contributed by atoms with Crippen molar-refractivity contribution in [2.24, 2.45) is 0 Å². The maximum absolute atomic E-state index is 13.1.